The lowest BCUT2D eigenvalue weighted by molar-refractivity contribution is -0.113. The first-order valence-corrected chi connectivity index (χ1v) is 13.5. The van der Waals surface area contributed by atoms with E-state index in [-0.39, 0.29) is 18.1 Å². The van der Waals surface area contributed by atoms with Gasteiger partial charge in [-0.15, -0.1) is 11.8 Å². The zero-order valence-corrected chi connectivity index (χ0v) is 21.4. The number of amides is 2. The predicted octanol–water partition coefficient (Wildman–Crippen LogP) is 4.19. The fraction of sp³-hybridized carbons (Fsp3) is 0.370. The van der Waals surface area contributed by atoms with Crippen LogP contribution in [0.2, 0.25) is 0 Å². The quantitative estimate of drug-likeness (QED) is 0.501. The molecule has 0 saturated carbocycles. The number of rotatable bonds is 6. The molecule has 0 bridgehead atoms. The molecule has 0 radical (unpaired) electrons. The highest BCUT2D eigenvalue weighted by Crippen LogP contribution is 2.35. The monoisotopic (exact) mass is 519 g/mol. The number of benzene rings is 2. The van der Waals surface area contributed by atoms with Gasteiger partial charge >= 0.3 is 6.09 Å². The second-order valence-corrected chi connectivity index (χ2v) is 10.6. The van der Waals surface area contributed by atoms with Crippen LogP contribution in [0, 0.1) is 0 Å². The molecule has 37 heavy (non-hydrogen) atoms. The Morgan fingerprint density at radius 3 is 2.86 bits per heavy atom. The van der Waals surface area contributed by atoms with Crippen LogP contribution in [0.4, 0.5) is 21.9 Å². The number of pyridine rings is 1. The van der Waals surface area contributed by atoms with E-state index < -0.39 is 0 Å². The highest BCUT2D eigenvalue weighted by Gasteiger charge is 2.35. The Bertz CT molecular complexity index is 1340. The van der Waals surface area contributed by atoms with Gasteiger partial charge in [-0.1, -0.05) is 0 Å². The summed E-state index contributed by atoms with van der Waals surface area (Å²) >= 11 is 1.51. The molecule has 3 aromatic rings. The number of nitrogens with zero attached hydrogens (tertiary/aromatic N) is 3. The van der Waals surface area contributed by atoms with Gasteiger partial charge < -0.3 is 20.1 Å². The van der Waals surface area contributed by atoms with E-state index in [0.717, 1.165) is 64.5 Å². The number of piperidine rings is 1. The van der Waals surface area contributed by atoms with Crippen molar-refractivity contribution in [3.8, 4) is 5.75 Å². The Hall–Kier alpha value is -3.50. The maximum absolute atomic E-state index is 12.6. The molecule has 3 aliphatic heterocycles. The van der Waals surface area contributed by atoms with E-state index in [9.17, 15) is 9.59 Å². The summed E-state index contributed by atoms with van der Waals surface area (Å²) in [6.07, 6.45) is 3.31. The zero-order chi connectivity index (χ0) is 25.4. The number of hydrogen-bond donors (Lipinski definition) is 2. The lowest BCUT2D eigenvalue weighted by Crippen LogP contribution is -2.43. The summed E-state index contributed by atoms with van der Waals surface area (Å²) < 4.78 is 11.1. The molecular formula is C27H29N5O4S. The van der Waals surface area contributed by atoms with Crippen molar-refractivity contribution in [3.05, 3.63) is 48.7 Å². The minimum atomic E-state index is -0.337. The van der Waals surface area contributed by atoms with E-state index >= 15 is 0 Å². The number of cyclic esters (lactones) is 1. The number of hydrogen-bond acceptors (Lipinski definition) is 8. The largest absolute Gasteiger partial charge is 0.497 e. The smallest absolute Gasteiger partial charge is 0.414 e. The van der Waals surface area contributed by atoms with Crippen molar-refractivity contribution >= 4 is 51.7 Å². The van der Waals surface area contributed by atoms with Gasteiger partial charge in [-0.25, -0.2) is 4.79 Å². The normalized spacial score (nSPS) is 20.5. The summed E-state index contributed by atoms with van der Waals surface area (Å²) in [5.74, 6) is 1.21. The summed E-state index contributed by atoms with van der Waals surface area (Å²) in [5.41, 5.74) is 3.52. The topological polar surface area (TPSA) is 96.0 Å². The third kappa shape index (κ3) is 5.03. The van der Waals surface area contributed by atoms with Gasteiger partial charge in [0.2, 0.25) is 5.91 Å². The molecule has 2 amide bonds. The highest BCUT2D eigenvalue weighted by atomic mass is 32.2. The fourth-order valence-electron chi connectivity index (χ4n) is 5.21. The molecule has 2 aromatic carbocycles. The highest BCUT2D eigenvalue weighted by molar-refractivity contribution is 8.00. The standard InChI is InChI=1S/C27H29N5O4S/c1-35-19-3-4-22-21(13-19)23(6-9-28-22)29-17-7-10-31(11-8-17)14-20-15-32(27(34)36-20)18-2-5-25-24(12-18)30-26(33)16-37-25/h2-6,9,12-13,17,20H,7-8,10-11,14-16H2,1H3,(H,28,29)(H,30,33)/t20-/m1/s1. The lowest BCUT2D eigenvalue weighted by atomic mass is 10.0. The van der Waals surface area contributed by atoms with Crippen LogP contribution in [0.5, 0.6) is 5.75 Å². The summed E-state index contributed by atoms with van der Waals surface area (Å²) in [6.45, 7) is 3.07. The number of fused-ring (bicyclic) bond motifs is 2. The Balaban J connectivity index is 1.04. The summed E-state index contributed by atoms with van der Waals surface area (Å²) in [4.78, 5) is 33.9. The van der Waals surface area contributed by atoms with Crippen molar-refractivity contribution in [3.63, 3.8) is 0 Å². The van der Waals surface area contributed by atoms with E-state index in [2.05, 4.69) is 20.5 Å². The fourth-order valence-corrected chi connectivity index (χ4v) is 6.00. The van der Waals surface area contributed by atoms with Gasteiger partial charge in [-0.3, -0.25) is 19.6 Å². The van der Waals surface area contributed by atoms with E-state index in [1.807, 2.05) is 48.7 Å². The second kappa shape index (κ2) is 10.1. The first-order valence-electron chi connectivity index (χ1n) is 12.5. The van der Waals surface area contributed by atoms with Gasteiger partial charge in [0.25, 0.3) is 0 Å². The number of methoxy groups -OCH3 is 1. The van der Waals surface area contributed by atoms with Crippen LogP contribution in [-0.4, -0.2) is 73.1 Å². The van der Waals surface area contributed by atoms with Crippen LogP contribution in [0.3, 0.4) is 0 Å². The molecule has 2 saturated heterocycles. The van der Waals surface area contributed by atoms with Crippen molar-refractivity contribution in [1.82, 2.24) is 9.88 Å². The van der Waals surface area contributed by atoms with Crippen LogP contribution in [0.15, 0.2) is 53.6 Å². The molecule has 3 aliphatic rings. The van der Waals surface area contributed by atoms with Crippen molar-refractivity contribution in [1.29, 1.82) is 0 Å². The van der Waals surface area contributed by atoms with Gasteiger partial charge in [0.05, 0.1) is 30.6 Å². The molecule has 2 N–H and O–H groups in total. The zero-order valence-electron chi connectivity index (χ0n) is 20.6. The molecule has 4 heterocycles. The predicted molar refractivity (Wildman–Crippen MR) is 145 cm³/mol. The first kappa shape index (κ1) is 23.9. The molecule has 1 aromatic heterocycles. The molecule has 1 atom stereocenters. The minimum Gasteiger partial charge on any atom is -0.497 e. The average Bonchev–Trinajstić information content (AvgIpc) is 3.29. The summed E-state index contributed by atoms with van der Waals surface area (Å²) in [6, 6.07) is 14.0. The summed E-state index contributed by atoms with van der Waals surface area (Å²) in [7, 11) is 1.67. The van der Waals surface area contributed by atoms with Crippen molar-refractivity contribution < 1.29 is 19.1 Å². The molecular weight excluding hydrogens is 490 g/mol. The maximum Gasteiger partial charge on any atom is 0.414 e. The molecule has 0 unspecified atom stereocenters. The third-order valence-corrected chi connectivity index (χ3v) is 8.21. The third-order valence-electron chi connectivity index (χ3n) is 7.14. The van der Waals surface area contributed by atoms with E-state index in [0.29, 0.717) is 24.9 Å². The molecule has 10 heteroatoms. The number of carbonyl (C=O) groups is 2. The maximum atomic E-state index is 12.6. The lowest BCUT2D eigenvalue weighted by Gasteiger charge is -2.33. The van der Waals surface area contributed by atoms with Gasteiger partial charge in [0.1, 0.15) is 11.9 Å². The van der Waals surface area contributed by atoms with E-state index in [1.54, 1.807) is 12.0 Å². The van der Waals surface area contributed by atoms with Crippen LogP contribution in [0.1, 0.15) is 12.8 Å². The van der Waals surface area contributed by atoms with Crippen molar-refractivity contribution in [2.24, 2.45) is 0 Å². The van der Waals surface area contributed by atoms with Gasteiger partial charge in [0, 0.05) is 53.5 Å². The first-order chi connectivity index (χ1) is 18.1. The number of nitrogens with one attached hydrogen (secondary N) is 2. The number of thioether (sulfide) groups is 1. The van der Waals surface area contributed by atoms with Crippen molar-refractivity contribution in [2.75, 3.05) is 54.6 Å². The van der Waals surface area contributed by atoms with Crippen LogP contribution >= 0.6 is 11.8 Å². The number of anilines is 3. The average molecular weight is 520 g/mol. The van der Waals surface area contributed by atoms with Gasteiger partial charge in [-0.05, 0) is 55.3 Å². The SMILES string of the molecule is COc1ccc2nccc(NC3CCN(C[C@@H]4CN(c5ccc6c(c5)NC(=O)CS6)C(=O)O4)CC3)c2c1. The van der Waals surface area contributed by atoms with E-state index in [1.165, 1.54) is 11.8 Å². The molecule has 2 fully saturated rings. The number of likely N-dealkylation sites (tertiary alicyclic amines) is 1. The Labute approximate surface area is 219 Å². The number of aromatic nitrogens is 1. The van der Waals surface area contributed by atoms with Crippen LogP contribution < -0.4 is 20.3 Å². The second-order valence-electron chi connectivity index (χ2n) is 9.59. The minimum absolute atomic E-state index is 0.0220. The Kier molecular flexibility index (Phi) is 6.52. The van der Waals surface area contributed by atoms with Crippen molar-refractivity contribution in [2.45, 2.75) is 29.9 Å². The van der Waals surface area contributed by atoms with Crippen LogP contribution in [-0.2, 0) is 9.53 Å². The Morgan fingerprint density at radius 2 is 2.03 bits per heavy atom. The number of ether oxygens (including phenoxy) is 2. The van der Waals surface area contributed by atoms with E-state index in [4.69, 9.17) is 9.47 Å². The van der Waals surface area contributed by atoms with Gasteiger partial charge in [0.15, 0.2) is 0 Å². The van der Waals surface area contributed by atoms with Gasteiger partial charge in [-0.2, -0.15) is 0 Å². The molecule has 9 nitrogen and oxygen atoms in total. The molecule has 0 aliphatic carbocycles. The molecule has 192 valence electrons. The molecule has 0 spiro atoms. The Morgan fingerprint density at radius 1 is 1.16 bits per heavy atom. The molecule has 6 rings (SSSR count). The number of carbonyl (C=O) groups excluding carboxylic acids is 2. The van der Waals surface area contributed by atoms with Crippen LogP contribution in [0.25, 0.3) is 10.9 Å². The summed E-state index contributed by atoms with van der Waals surface area (Å²) in [5, 5.41) is 7.65.